The van der Waals surface area contributed by atoms with Gasteiger partial charge in [-0.25, -0.2) is 0 Å². The zero-order valence-electron chi connectivity index (χ0n) is 19.8. The molecule has 2 nitrogen and oxygen atoms in total. The van der Waals surface area contributed by atoms with E-state index in [1.165, 1.54) is 24.3 Å². The number of hydrogen-bond acceptors (Lipinski definition) is 2. The first-order valence-electron chi connectivity index (χ1n) is 10.7. The summed E-state index contributed by atoms with van der Waals surface area (Å²) < 4.78 is 78.7. The van der Waals surface area contributed by atoms with Gasteiger partial charge in [0.2, 0.25) is 0 Å². The highest BCUT2D eigenvalue weighted by Crippen LogP contribution is 2.41. The van der Waals surface area contributed by atoms with E-state index in [9.17, 15) is 31.1 Å². The minimum absolute atomic E-state index is 0.0482. The number of halogens is 9. The van der Waals surface area contributed by atoms with Gasteiger partial charge in [0.05, 0.1) is 26.0 Å². The molecule has 12 heteroatoms. The van der Waals surface area contributed by atoms with Crippen molar-refractivity contribution in [2.45, 2.75) is 45.5 Å². The summed E-state index contributed by atoms with van der Waals surface area (Å²) in [5.41, 5.74) is -0.0742. The van der Waals surface area contributed by atoms with Crippen LogP contribution in [0.3, 0.4) is 0 Å². The fourth-order valence-corrected chi connectivity index (χ4v) is 4.23. The molecule has 0 radical (unpaired) electrons. The summed E-state index contributed by atoms with van der Waals surface area (Å²) in [5, 5.41) is 1.87. The third-order valence-corrected chi connectivity index (χ3v) is 7.31. The molecule has 0 amide bonds. The minimum Gasteiger partial charge on any atom is -0.371 e. The molecule has 0 bridgehead atoms. The van der Waals surface area contributed by atoms with E-state index in [4.69, 9.17) is 47.0 Å². The maximum atomic E-state index is 13.8. The van der Waals surface area contributed by atoms with Crippen LogP contribution in [-0.2, 0) is 0 Å². The van der Waals surface area contributed by atoms with Gasteiger partial charge in [0, 0.05) is 17.4 Å². The zero-order chi connectivity index (χ0) is 28.3. The summed E-state index contributed by atoms with van der Waals surface area (Å²) in [6.45, 7) is 3.40. The summed E-state index contributed by atoms with van der Waals surface area (Å²) in [4.78, 5) is 12.8. The number of nitrogens with one attached hydrogen (secondary N) is 1. The number of alkyl halides is 6. The van der Waals surface area contributed by atoms with Crippen molar-refractivity contribution in [1.29, 1.82) is 0 Å². The number of allylic oxidation sites excluding steroid dienone is 1. The Morgan fingerprint density at radius 1 is 1.03 bits per heavy atom. The molecule has 0 aromatic heterocycles. The molecule has 0 aliphatic heterocycles. The van der Waals surface area contributed by atoms with Gasteiger partial charge >= 0.3 is 12.4 Å². The monoisotopic (exact) mass is 603 g/mol. The van der Waals surface area contributed by atoms with Crippen molar-refractivity contribution in [3.63, 3.8) is 0 Å². The van der Waals surface area contributed by atoms with Crippen LogP contribution in [0.4, 0.5) is 26.3 Å². The van der Waals surface area contributed by atoms with Gasteiger partial charge in [0.15, 0.2) is 5.78 Å². The Morgan fingerprint density at radius 3 is 2.08 bits per heavy atom. The van der Waals surface area contributed by atoms with E-state index < -0.39 is 30.2 Å². The van der Waals surface area contributed by atoms with Gasteiger partial charge in [0.25, 0.3) is 0 Å². The molecule has 2 aromatic carbocycles. The van der Waals surface area contributed by atoms with Gasteiger partial charge in [-0.05, 0) is 35.7 Å². The molecule has 0 heterocycles. The largest absolute Gasteiger partial charge is 0.405 e. The second-order valence-electron chi connectivity index (χ2n) is 9.03. The lowest BCUT2D eigenvalue weighted by molar-refractivity contribution is -0.139. The zero-order valence-corrected chi connectivity index (χ0v) is 22.8. The van der Waals surface area contributed by atoms with Gasteiger partial charge in [-0.2, -0.15) is 26.3 Å². The molecule has 0 aliphatic rings. The van der Waals surface area contributed by atoms with Crippen molar-refractivity contribution in [2.24, 2.45) is 5.41 Å². The van der Waals surface area contributed by atoms with Crippen molar-refractivity contribution in [1.82, 2.24) is 5.32 Å². The number of Topliss-reactive ketones (excluding diaryl/α,β-unsaturated/α-hetero) is 1. The van der Waals surface area contributed by atoms with Gasteiger partial charge < -0.3 is 5.32 Å². The summed E-state index contributed by atoms with van der Waals surface area (Å²) in [6.07, 6.45) is -7.07. The lowest BCUT2D eigenvalue weighted by atomic mass is 9.84. The van der Waals surface area contributed by atoms with Crippen LogP contribution in [0, 0.1) is 12.3 Å². The highest BCUT2D eigenvalue weighted by Gasteiger charge is 2.39. The number of benzene rings is 2. The molecular formula is C25H22Cl3F6NOS. The Kier molecular flexibility index (Phi) is 10.1. The van der Waals surface area contributed by atoms with Crippen molar-refractivity contribution >= 4 is 63.9 Å². The molecule has 0 saturated carbocycles. The highest BCUT2D eigenvalue weighted by molar-refractivity contribution is 7.80. The molecule has 2 aromatic rings. The topological polar surface area (TPSA) is 29.1 Å². The third-order valence-electron chi connectivity index (χ3n) is 5.42. The maximum Gasteiger partial charge on any atom is 0.405 e. The van der Waals surface area contributed by atoms with Gasteiger partial charge in [-0.15, -0.1) is 0 Å². The van der Waals surface area contributed by atoms with Crippen LogP contribution in [0.15, 0.2) is 36.4 Å². The van der Waals surface area contributed by atoms with E-state index >= 15 is 0 Å². The van der Waals surface area contributed by atoms with Gasteiger partial charge in [0.1, 0.15) is 6.54 Å². The fourth-order valence-electron chi connectivity index (χ4n) is 3.47. The van der Waals surface area contributed by atoms with Crippen LogP contribution in [0.25, 0.3) is 6.08 Å². The van der Waals surface area contributed by atoms with Crippen molar-refractivity contribution < 1.29 is 31.1 Å². The third kappa shape index (κ3) is 8.87. The Hall–Kier alpha value is -1.81. The molecule has 0 saturated heterocycles. The van der Waals surface area contributed by atoms with Crippen LogP contribution >= 0.6 is 47.0 Å². The first-order chi connectivity index (χ1) is 16.8. The summed E-state index contributed by atoms with van der Waals surface area (Å²) in [5.74, 6) is -2.39. The van der Waals surface area contributed by atoms with E-state index in [0.717, 1.165) is 18.2 Å². The normalized spacial score (nSPS) is 13.6. The quantitative estimate of drug-likeness (QED) is 0.141. The Balaban J connectivity index is 2.24. The lowest BCUT2D eigenvalue weighted by Gasteiger charge is -2.26. The lowest BCUT2D eigenvalue weighted by Crippen LogP contribution is -2.41. The molecule has 1 atom stereocenters. The van der Waals surface area contributed by atoms with E-state index in [1.807, 2.05) is 0 Å². The molecule has 1 N–H and O–H groups in total. The van der Waals surface area contributed by atoms with Crippen LogP contribution in [0.5, 0.6) is 0 Å². The number of rotatable bonds is 8. The highest BCUT2D eigenvalue weighted by atomic mass is 35.5. The van der Waals surface area contributed by atoms with Crippen LogP contribution in [0.2, 0.25) is 15.1 Å². The van der Waals surface area contributed by atoms with Crippen molar-refractivity contribution in [2.75, 3.05) is 6.54 Å². The van der Waals surface area contributed by atoms with E-state index in [-0.39, 0.29) is 43.4 Å². The number of aryl methyl sites for hydroxylation is 1. The SMILES string of the molecule is Cc1cc(/C=C/C(c2cc(Cl)c(Cl)c(Cl)c2)C(F)(F)F)ccc1C(=O)CC(C)(C)C(=S)NCC(F)(F)F. The number of carbonyl (C=O) groups is 1. The van der Waals surface area contributed by atoms with Crippen LogP contribution in [0.1, 0.15) is 53.2 Å². The molecule has 0 spiro atoms. The van der Waals surface area contributed by atoms with Crippen LogP contribution in [-0.4, -0.2) is 29.7 Å². The predicted octanol–water partition coefficient (Wildman–Crippen LogP) is 9.39. The molecular weight excluding hydrogens is 583 g/mol. The summed E-state index contributed by atoms with van der Waals surface area (Å²) >= 11 is 22.7. The number of thiocarbonyl (C=S) groups is 1. The molecule has 0 aliphatic carbocycles. The Morgan fingerprint density at radius 2 is 1.59 bits per heavy atom. The summed E-state index contributed by atoms with van der Waals surface area (Å²) in [7, 11) is 0. The molecule has 202 valence electrons. The number of ketones is 1. The van der Waals surface area contributed by atoms with E-state index in [0.29, 0.717) is 11.1 Å². The maximum absolute atomic E-state index is 13.8. The second kappa shape index (κ2) is 11.9. The fraction of sp³-hybridized carbons (Fsp3) is 0.360. The first-order valence-corrected chi connectivity index (χ1v) is 12.2. The minimum atomic E-state index is -4.65. The smallest absolute Gasteiger partial charge is 0.371 e. The Labute approximate surface area is 231 Å². The van der Waals surface area contributed by atoms with Crippen LogP contribution < -0.4 is 5.32 Å². The van der Waals surface area contributed by atoms with Gasteiger partial charge in [-0.1, -0.05) is 91.2 Å². The second-order valence-corrected chi connectivity index (χ2v) is 10.6. The number of hydrogen-bond donors (Lipinski definition) is 1. The average molecular weight is 605 g/mol. The molecule has 2 rings (SSSR count). The first kappa shape index (κ1) is 31.4. The average Bonchev–Trinajstić information content (AvgIpc) is 2.74. The van der Waals surface area contributed by atoms with E-state index in [2.05, 4.69) is 5.32 Å². The summed E-state index contributed by atoms with van der Waals surface area (Å²) in [6, 6.07) is 6.66. The number of carbonyl (C=O) groups excluding carboxylic acids is 1. The predicted molar refractivity (Wildman–Crippen MR) is 140 cm³/mol. The Bertz CT molecular complexity index is 1180. The standard InChI is InChI=1S/C25H22Cl3F6NOS/c1-13-8-14(5-7-17(25(32,33)34)15-9-18(26)21(28)19(27)10-15)4-6-16(13)20(36)11-23(2,3)22(37)35-12-24(29,30)31/h4-10,17H,11-12H2,1-3H3,(H,35,37)/b7-5+. The van der Waals surface area contributed by atoms with Crippen molar-refractivity contribution in [3.8, 4) is 0 Å². The molecule has 37 heavy (non-hydrogen) atoms. The van der Waals surface area contributed by atoms with Gasteiger partial charge in [-0.3, -0.25) is 4.79 Å². The van der Waals surface area contributed by atoms with Crippen molar-refractivity contribution in [3.05, 3.63) is 73.7 Å². The van der Waals surface area contributed by atoms with E-state index in [1.54, 1.807) is 20.8 Å². The molecule has 0 fully saturated rings. The molecule has 1 unspecified atom stereocenters.